The molecule has 1 fully saturated rings. The summed E-state index contributed by atoms with van der Waals surface area (Å²) in [4.78, 5) is 3.93. The van der Waals surface area contributed by atoms with E-state index in [0.717, 1.165) is 0 Å². The van der Waals surface area contributed by atoms with Crippen molar-refractivity contribution in [1.29, 1.82) is 0 Å². The van der Waals surface area contributed by atoms with Crippen LogP contribution in [0.3, 0.4) is 0 Å². The van der Waals surface area contributed by atoms with Crippen LogP contribution in [0.2, 0.25) is 0 Å². The molecule has 0 unspecified atom stereocenters. The number of ether oxygens (including phenoxy) is 1. The summed E-state index contributed by atoms with van der Waals surface area (Å²) in [6, 6.07) is 0. The SMILES string of the molecule is NC(=S)c1ncn([C@@H]2O[C@H](CO)[C@@H](O)[C@H]2O)c1N. The van der Waals surface area contributed by atoms with E-state index in [2.05, 4.69) is 4.98 Å². The smallest absolute Gasteiger partial charge is 0.165 e. The number of aliphatic hydroxyl groups excluding tert-OH is 3. The maximum absolute atomic E-state index is 9.83. The van der Waals surface area contributed by atoms with Crippen LogP contribution in [0, 0.1) is 0 Å². The number of aliphatic hydroxyl groups is 3. The fourth-order valence-electron chi connectivity index (χ4n) is 1.87. The molecule has 0 spiro atoms. The molecule has 18 heavy (non-hydrogen) atoms. The third kappa shape index (κ3) is 1.95. The highest BCUT2D eigenvalue weighted by molar-refractivity contribution is 7.80. The van der Waals surface area contributed by atoms with Gasteiger partial charge in [0, 0.05) is 0 Å². The Morgan fingerprint density at radius 1 is 1.50 bits per heavy atom. The van der Waals surface area contributed by atoms with Gasteiger partial charge >= 0.3 is 0 Å². The lowest BCUT2D eigenvalue weighted by atomic mass is 10.1. The van der Waals surface area contributed by atoms with Gasteiger partial charge < -0.3 is 31.5 Å². The maximum atomic E-state index is 9.83. The minimum atomic E-state index is -1.22. The molecule has 7 N–H and O–H groups in total. The minimum Gasteiger partial charge on any atom is -0.394 e. The maximum Gasteiger partial charge on any atom is 0.165 e. The molecule has 0 bridgehead atoms. The normalized spacial score (nSPS) is 31.7. The molecule has 0 radical (unpaired) electrons. The Hall–Kier alpha value is -1.26. The molecule has 1 aromatic rings. The van der Waals surface area contributed by atoms with E-state index in [4.69, 9.17) is 33.5 Å². The van der Waals surface area contributed by atoms with E-state index in [0.29, 0.717) is 0 Å². The van der Waals surface area contributed by atoms with Crippen molar-refractivity contribution in [2.45, 2.75) is 24.5 Å². The molecular weight excluding hydrogens is 260 g/mol. The number of nitrogens with two attached hydrogens (primary N) is 2. The number of imidazole rings is 1. The molecule has 0 saturated carbocycles. The fraction of sp³-hybridized carbons (Fsp3) is 0.556. The summed E-state index contributed by atoms with van der Waals surface area (Å²) in [7, 11) is 0. The van der Waals surface area contributed by atoms with Crippen LogP contribution in [0.15, 0.2) is 6.33 Å². The zero-order valence-electron chi connectivity index (χ0n) is 9.30. The Morgan fingerprint density at radius 2 is 2.17 bits per heavy atom. The van der Waals surface area contributed by atoms with E-state index in [1.165, 1.54) is 10.9 Å². The summed E-state index contributed by atoms with van der Waals surface area (Å²) in [5.74, 6) is 0.136. The monoisotopic (exact) mass is 274 g/mol. The number of nitrogens with zero attached hydrogens (tertiary/aromatic N) is 2. The molecular formula is C9H14N4O4S. The van der Waals surface area contributed by atoms with Crippen molar-refractivity contribution in [3.8, 4) is 0 Å². The molecule has 0 amide bonds. The van der Waals surface area contributed by atoms with Crippen molar-refractivity contribution < 1.29 is 20.1 Å². The second-order valence-electron chi connectivity index (χ2n) is 3.98. The molecule has 1 aromatic heterocycles. The van der Waals surface area contributed by atoms with Gasteiger partial charge in [-0.2, -0.15) is 0 Å². The van der Waals surface area contributed by atoms with E-state index >= 15 is 0 Å². The van der Waals surface area contributed by atoms with Gasteiger partial charge in [-0.3, -0.25) is 4.57 Å². The Kier molecular flexibility index (Phi) is 3.50. The average molecular weight is 274 g/mol. The molecule has 2 rings (SSSR count). The van der Waals surface area contributed by atoms with Crippen LogP contribution in [0.4, 0.5) is 5.82 Å². The molecule has 100 valence electrons. The average Bonchev–Trinajstić information content (AvgIpc) is 2.82. The lowest BCUT2D eigenvalue weighted by Crippen LogP contribution is -2.33. The van der Waals surface area contributed by atoms with Crippen LogP contribution in [0.5, 0.6) is 0 Å². The van der Waals surface area contributed by atoms with Gasteiger partial charge in [0.15, 0.2) is 6.23 Å². The van der Waals surface area contributed by atoms with Crippen LogP contribution in [-0.2, 0) is 4.74 Å². The van der Waals surface area contributed by atoms with Crippen LogP contribution in [-0.4, -0.2) is 54.8 Å². The number of thiocarbonyl (C=S) groups is 1. The van der Waals surface area contributed by atoms with Gasteiger partial charge in [-0.1, -0.05) is 12.2 Å². The Morgan fingerprint density at radius 3 is 2.61 bits per heavy atom. The first kappa shape index (κ1) is 13.2. The van der Waals surface area contributed by atoms with Crippen molar-refractivity contribution in [3.05, 3.63) is 12.0 Å². The van der Waals surface area contributed by atoms with Gasteiger partial charge in [-0.05, 0) is 0 Å². The minimum absolute atomic E-state index is 0.0259. The first-order valence-electron chi connectivity index (χ1n) is 5.22. The second-order valence-corrected chi connectivity index (χ2v) is 4.42. The first-order chi connectivity index (χ1) is 8.47. The number of aromatic nitrogens is 2. The van der Waals surface area contributed by atoms with Gasteiger partial charge in [0.05, 0.1) is 12.9 Å². The Labute approximate surface area is 108 Å². The molecule has 0 aliphatic carbocycles. The molecule has 4 atom stereocenters. The lowest BCUT2D eigenvalue weighted by Gasteiger charge is -2.17. The summed E-state index contributed by atoms with van der Waals surface area (Å²) in [5, 5.41) is 28.5. The lowest BCUT2D eigenvalue weighted by molar-refractivity contribution is -0.0517. The molecule has 0 aromatic carbocycles. The highest BCUT2D eigenvalue weighted by Gasteiger charge is 2.44. The van der Waals surface area contributed by atoms with Crippen molar-refractivity contribution in [2.24, 2.45) is 5.73 Å². The first-order valence-corrected chi connectivity index (χ1v) is 5.62. The zero-order valence-corrected chi connectivity index (χ0v) is 10.1. The highest BCUT2D eigenvalue weighted by Crippen LogP contribution is 2.31. The summed E-state index contributed by atoms with van der Waals surface area (Å²) < 4.78 is 6.62. The molecule has 1 aliphatic rings. The zero-order chi connectivity index (χ0) is 13.4. The second kappa shape index (κ2) is 4.78. The van der Waals surface area contributed by atoms with Crippen molar-refractivity contribution in [1.82, 2.24) is 9.55 Å². The Bertz CT molecular complexity index is 465. The summed E-state index contributed by atoms with van der Waals surface area (Å²) >= 11 is 4.77. The molecule has 1 saturated heterocycles. The third-order valence-electron chi connectivity index (χ3n) is 2.86. The predicted octanol–water partition coefficient (Wildman–Crippen LogP) is -2.29. The van der Waals surface area contributed by atoms with E-state index in [1.807, 2.05) is 0 Å². The van der Waals surface area contributed by atoms with Crippen molar-refractivity contribution in [3.63, 3.8) is 0 Å². The van der Waals surface area contributed by atoms with Gasteiger partial charge in [-0.25, -0.2) is 4.98 Å². The van der Waals surface area contributed by atoms with E-state index in [9.17, 15) is 10.2 Å². The molecule has 8 nitrogen and oxygen atoms in total. The standard InChI is InChI=1S/C9H14N4O4S/c10-7-4(8(11)18)12-2-13(7)9-6(16)5(15)3(1-14)17-9/h2-3,5-6,9,14-16H,1,10H2,(H2,11,18)/t3-,5-,6-,9-/m1/s1. The number of hydrogen-bond donors (Lipinski definition) is 5. The molecule has 9 heteroatoms. The van der Waals surface area contributed by atoms with Crippen LogP contribution in [0.25, 0.3) is 0 Å². The summed E-state index contributed by atoms with van der Waals surface area (Å²) in [6.07, 6.45) is -2.93. The van der Waals surface area contributed by atoms with E-state index < -0.39 is 31.1 Å². The number of hydrogen-bond acceptors (Lipinski definition) is 7. The molecule has 2 heterocycles. The number of anilines is 1. The van der Waals surface area contributed by atoms with Crippen LogP contribution in [0.1, 0.15) is 11.9 Å². The summed E-state index contributed by atoms with van der Waals surface area (Å²) in [5.41, 5.74) is 11.4. The van der Waals surface area contributed by atoms with Gasteiger partial charge in [0.1, 0.15) is 34.8 Å². The van der Waals surface area contributed by atoms with Crippen molar-refractivity contribution in [2.75, 3.05) is 12.3 Å². The predicted molar refractivity (Wildman–Crippen MR) is 65.5 cm³/mol. The summed E-state index contributed by atoms with van der Waals surface area (Å²) in [6.45, 7) is -0.411. The van der Waals surface area contributed by atoms with Gasteiger partial charge in [0.25, 0.3) is 0 Å². The number of rotatable bonds is 3. The fourth-order valence-corrected chi connectivity index (χ4v) is 2.03. The highest BCUT2D eigenvalue weighted by atomic mass is 32.1. The quantitative estimate of drug-likeness (QED) is 0.388. The topological polar surface area (TPSA) is 140 Å². The number of nitrogen functional groups attached to an aromatic ring is 1. The van der Waals surface area contributed by atoms with E-state index in [-0.39, 0.29) is 16.5 Å². The van der Waals surface area contributed by atoms with Crippen LogP contribution >= 0.6 is 12.2 Å². The van der Waals surface area contributed by atoms with Crippen LogP contribution < -0.4 is 11.5 Å². The van der Waals surface area contributed by atoms with Gasteiger partial charge in [-0.15, -0.1) is 0 Å². The van der Waals surface area contributed by atoms with Crippen molar-refractivity contribution >= 4 is 23.0 Å². The molecule has 1 aliphatic heterocycles. The van der Waals surface area contributed by atoms with E-state index in [1.54, 1.807) is 0 Å². The Balaban J connectivity index is 2.30. The van der Waals surface area contributed by atoms with Gasteiger partial charge in [0.2, 0.25) is 0 Å². The third-order valence-corrected chi connectivity index (χ3v) is 3.05. The largest absolute Gasteiger partial charge is 0.394 e.